The molecule has 2 atom stereocenters. The molecule has 1 aliphatic rings. The monoisotopic (exact) mass is 198 g/mol. The molecular formula is C9H10O5. The Morgan fingerprint density at radius 2 is 2.00 bits per heavy atom. The van der Waals surface area contributed by atoms with E-state index in [4.69, 9.17) is 10.2 Å². The van der Waals surface area contributed by atoms with Crippen LogP contribution in [0.2, 0.25) is 0 Å². The van der Waals surface area contributed by atoms with E-state index in [9.17, 15) is 14.7 Å². The molecule has 0 saturated heterocycles. The highest BCUT2D eigenvalue weighted by Crippen LogP contribution is 2.27. The molecule has 0 fully saturated rings. The lowest BCUT2D eigenvalue weighted by Gasteiger charge is -2.27. The first-order valence-corrected chi connectivity index (χ1v) is 3.94. The number of carboxylic acid groups (broad SMARTS) is 2. The summed E-state index contributed by atoms with van der Waals surface area (Å²) >= 11 is 0. The Balaban J connectivity index is 3.04. The van der Waals surface area contributed by atoms with Gasteiger partial charge in [0.15, 0.2) is 0 Å². The normalized spacial score (nSPS) is 31.0. The molecule has 0 spiro atoms. The summed E-state index contributed by atoms with van der Waals surface area (Å²) in [5, 5.41) is 27.0. The van der Waals surface area contributed by atoms with E-state index < -0.39 is 23.5 Å². The molecule has 0 aliphatic heterocycles. The third kappa shape index (κ3) is 1.82. The van der Waals surface area contributed by atoms with Crippen LogP contribution in [0.4, 0.5) is 0 Å². The van der Waals surface area contributed by atoms with E-state index in [2.05, 4.69) is 0 Å². The minimum atomic E-state index is -1.66. The minimum absolute atomic E-state index is 0.104. The van der Waals surface area contributed by atoms with Crippen LogP contribution in [-0.2, 0) is 9.59 Å². The van der Waals surface area contributed by atoms with Crippen molar-refractivity contribution < 1.29 is 24.9 Å². The maximum Gasteiger partial charge on any atom is 0.335 e. The van der Waals surface area contributed by atoms with E-state index in [-0.39, 0.29) is 5.57 Å². The van der Waals surface area contributed by atoms with Gasteiger partial charge in [-0.1, -0.05) is 12.2 Å². The number of carbonyl (C=O) groups is 2. The van der Waals surface area contributed by atoms with Crippen LogP contribution in [-0.4, -0.2) is 32.9 Å². The van der Waals surface area contributed by atoms with Gasteiger partial charge in [0, 0.05) is 0 Å². The quantitative estimate of drug-likeness (QED) is 0.581. The van der Waals surface area contributed by atoms with Crippen molar-refractivity contribution in [1.82, 2.24) is 0 Å². The van der Waals surface area contributed by atoms with Crippen LogP contribution in [0.1, 0.15) is 6.92 Å². The Morgan fingerprint density at radius 3 is 2.36 bits per heavy atom. The number of hydrogen-bond acceptors (Lipinski definition) is 3. The van der Waals surface area contributed by atoms with Gasteiger partial charge in [-0.2, -0.15) is 0 Å². The van der Waals surface area contributed by atoms with Crippen LogP contribution in [0.3, 0.4) is 0 Å². The van der Waals surface area contributed by atoms with Crippen molar-refractivity contribution in [3.63, 3.8) is 0 Å². The van der Waals surface area contributed by atoms with E-state index in [0.29, 0.717) is 0 Å². The third-order valence-electron chi connectivity index (χ3n) is 2.06. The van der Waals surface area contributed by atoms with Crippen molar-refractivity contribution in [3.8, 4) is 0 Å². The Hall–Kier alpha value is -1.62. The summed E-state index contributed by atoms with van der Waals surface area (Å²) in [6, 6.07) is 0. The first-order chi connectivity index (χ1) is 6.34. The minimum Gasteiger partial charge on any atom is -0.481 e. The number of aliphatic carboxylic acids is 2. The van der Waals surface area contributed by atoms with Crippen LogP contribution in [0.5, 0.6) is 0 Å². The summed E-state index contributed by atoms with van der Waals surface area (Å²) in [6.07, 6.45) is 3.39. The first-order valence-electron chi connectivity index (χ1n) is 3.94. The average Bonchev–Trinajstić information content (AvgIpc) is 2.01. The molecule has 0 amide bonds. The largest absolute Gasteiger partial charge is 0.481 e. The molecule has 2 unspecified atom stereocenters. The fourth-order valence-electron chi connectivity index (χ4n) is 1.31. The molecule has 3 N–H and O–H groups in total. The standard InChI is InChI=1S/C9H10O5/c1-9(14)4-5(7(10)11)2-3-6(9)8(12)13/h2-4,6,14H,1H3,(H,10,11)(H,12,13). The second-order valence-corrected chi connectivity index (χ2v) is 3.31. The van der Waals surface area contributed by atoms with Crippen molar-refractivity contribution >= 4 is 11.9 Å². The fraction of sp³-hybridized carbons (Fsp3) is 0.333. The molecule has 1 aliphatic carbocycles. The van der Waals surface area contributed by atoms with Crippen molar-refractivity contribution in [2.75, 3.05) is 0 Å². The highest BCUT2D eigenvalue weighted by Gasteiger charge is 2.37. The van der Waals surface area contributed by atoms with Crippen molar-refractivity contribution in [1.29, 1.82) is 0 Å². The lowest BCUT2D eigenvalue weighted by molar-refractivity contribution is -0.146. The SMILES string of the molecule is CC1(O)C=C(C(=O)O)C=CC1C(=O)O. The van der Waals surface area contributed by atoms with Crippen molar-refractivity contribution in [2.45, 2.75) is 12.5 Å². The molecule has 76 valence electrons. The average molecular weight is 198 g/mol. The van der Waals surface area contributed by atoms with Gasteiger partial charge in [-0.15, -0.1) is 0 Å². The Labute approximate surface area is 80.0 Å². The van der Waals surface area contributed by atoms with E-state index in [1.54, 1.807) is 0 Å². The molecule has 14 heavy (non-hydrogen) atoms. The van der Waals surface area contributed by atoms with Gasteiger partial charge in [-0.05, 0) is 13.0 Å². The second kappa shape index (κ2) is 3.26. The molecule has 0 aromatic rings. The molecule has 0 bridgehead atoms. The van der Waals surface area contributed by atoms with Gasteiger partial charge in [0.05, 0.1) is 11.2 Å². The number of carboxylic acids is 2. The van der Waals surface area contributed by atoms with Gasteiger partial charge in [-0.25, -0.2) is 4.79 Å². The predicted octanol–water partition coefficient (Wildman–Crippen LogP) is 0.0190. The summed E-state index contributed by atoms with van der Waals surface area (Å²) in [5.74, 6) is -3.48. The summed E-state index contributed by atoms with van der Waals surface area (Å²) in [4.78, 5) is 21.2. The first kappa shape index (κ1) is 10.5. The Bertz CT molecular complexity index is 337. The van der Waals surface area contributed by atoms with E-state index in [0.717, 1.165) is 6.08 Å². The summed E-state index contributed by atoms with van der Waals surface area (Å²) in [6.45, 7) is 1.26. The smallest absolute Gasteiger partial charge is 0.335 e. The van der Waals surface area contributed by atoms with Crippen LogP contribution in [0, 0.1) is 5.92 Å². The topological polar surface area (TPSA) is 94.8 Å². The van der Waals surface area contributed by atoms with Gasteiger partial charge in [0.1, 0.15) is 5.92 Å². The summed E-state index contributed by atoms with van der Waals surface area (Å²) in [5.41, 5.74) is -1.76. The molecule has 5 nitrogen and oxygen atoms in total. The molecule has 0 heterocycles. The number of hydrogen-bond donors (Lipinski definition) is 3. The van der Waals surface area contributed by atoms with Gasteiger partial charge < -0.3 is 15.3 Å². The maximum absolute atomic E-state index is 10.7. The van der Waals surface area contributed by atoms with Crippen LogP contribution in [0.25, 0.3) is 0 Å². The predicted molar refractivity (Wildman–Crippen MR) is 46.6 cm³/mol. The summed E-state index contributed by atoms with van der Waals surface area (Å²) < 4.78 is 0. The highest BCUT2D eigenvalue weighted by molar-refractivity contribution is 5.91. The van der Waals surface area contributed by atoms with Crippen molar-refractivity contribution in [2.24, 2.45) is 5.92 Å². The zero-order valence-corrected chi connectivity index (χ0v) is 7.47. The number of aliphatic hydroxyl groups is 1. The molecule has 1 rings (SSSR count). The van der Waals surface area contributed by atoms with Gasteiger partial charge >= 0.3 is 11.9 Å². The van der Waals surface area contributed by atoms with Gasteiger partial charge in [-0.3, -0.25) is 4.79 Å². The Morgan fingerprint density at radius 1 is 1.43 bits per heavy atom. The molecule has 0 aromatic carbocycles. The highest BCUT2D eigenvalue weighted by atomic mass is 16.4. The zero-order valence-electron chi connectivity index (χ0n) is 7.47. The lowest BCUT2D eigenvalue weighted by Crippen LogP contribution is -2.39. The van der Waals surface area contributed by atoms with Gasteiger partial charge in [0.25, 0.3) is 0 Å². The molecule has 0 saturated carbocycles. The van der Waals surface area contributed by atoms with Crippen LogP contribution < -0.4 is 0 Å². The number of rotatable bonds is 2. The van der Waals surface area contributed by atoms with Gasteiger partial charge in [0.2, 0.25) is 0 Å². The molecule has 5 heteroatoms. The fourth-order valence-corrected chi connectivity index (χ4v) is 1.31. The maximum atomic E-state index is 10.7. The van der Waals surface area contributed by atoms with Crippen LogP contribution >= 0.6 is 0 Å². The van der Waals surface area contributed by atoms with E-state index in [1.807, 2.05) is 0 Å². The molecule has 0 aromatic heterocycles. The van der Waals surface area contributed by atoms with Crippen molar-refractivity contribution in [3.05, 3.63) is 23.8 Å². The lowest BCUT2D eigenvalue weighted by atomic mass is 9.83. The molecular weight excluding hydrogens is 188 g/mol. The third-order valence-corrected chi connectivity index (χ3v) is 2.06. The van der Waals surface area contributed by atoms with E-state index in [1.165, 1.54) is 19.1 Å². The Kier molecular flexibility index (Phi) is 2.44. The summed E-state index contributed by atoms with van der Waals surface area (Å²) in [7, 11) is 0. The second-order valence-electron chi connectivity index (χ2n) is 3.31. The molecule has 0 radical (unpaired) electrons. The van der Waals surface area contributed by atoms with E-state index >= 15 is 0 Å². The zero-order chi connectivity index (χ0) is 10.9. The van der Waals surface area contributed by atoms with Crippen LogP contribution in [0.15, 0.2) is 23.8 Å².